The number of hydrogen-bond acceptors (Lipinski definition) is 2. The fourth-order valence-corrected chi connectivity index (χ4v) is 1.43. The van der Waals surface area contributed by atoms with Crippen LogP contribution in [0.15, 0.2) is 0 Å². The Morgan fingerprint density at radius 3 is 1.88 bits per heavy atom. The van der Waals surface area contributed by atoms with Crippen molar-refractivity contribution < 1.29 is 18.9 Å². The summed E-state index contributed by atoms with van der Waals surface area (Å²) in [5.74, 6) is 0. The Bertz CT molecular complexity index is 104. The quantitative estimate of drug-likeness (QED) is 0.586. The van der Waals surface area contributed by atoms with Crippen molar-refractivity contribution in [2.75, 3.05) is 0 Å². The van der Waals surface area contributed by atoms with E-state index in [4.69, 9.17) is 9.79 Å². The second kappa shape index (κ2) is 3.22. The lowest BCUT2D eigenvalue weighted by Gasteiger charge is -2.06. The zero-order valence-electron chi connectivity index (χ0n) is 3.89. The van der Waals surface area contributed by atoms with Gasteiger partial charge in [-0.05, 0) is 0 Å². The standard InChI is InChI=1S/CH7O4P3/c2-8(3,4)5-1(6)7/h1H,6-7H2,(H2,2,3,4). The normalized spacial score (nSPS) is 12.6. The average molecular weight is 176 g/mol. The van der Waals surface area contributed by atoms with Crippen molar-refractivity contribution in [3.8, 4) is 0 Å². The van der Waals surface area contributed by atoms with E-state index in [1.54, 1.807) is 0 Å². The average Bonchev–Trinajstić information content (AvgIpc) is 1.21. The van der Waals surface area contributed by atoms with E-state index in [2.05, 4.69) is 23.0 Å². The molecule has 0 heterocycles. The van der Waals surface area contributed by atoms with Crippen LogP contribution in [0.25, 0.3) is 0 Å². The van der Waals surface area contributed by atoms with Crippen LogP contribution in [0.1, 0.15) is 0 Å². The highest BCUT2D eigenvalue weighted by Gasteiger charge is 2.15. The fourth-order valence-electron chi connectivity index (χ4n) is 0.159. The number of hydrogen-bond donors (Lipinski definition) is 2. The molecule has 0 aliphatic carbocycles. The summed E-state index contributed by atoms with van der Waals surface area (Å²) in [5, 5.41) is 0. The van der Waals surface area contributed by atoms with Gasteiger partial charge >= 0.3 is 7.82 Å². The molecule has 2 atom stereocenters. The van der Waals surface area contributed by atoms with E-state index in [1.165, 1.54) is 0 Å². The molecule has 0 saturated carbocycles. The molecule has 50 valence electrons. The SMILES string of the molecule is O=P(O)(O)OC(P)P. The minimum atomic E-state index is -4.26. The van der Waals surface area contributed by atoms with E-state index >= 15 is 0 Å². The highest BCUT2D eigenvalue weighted by Crippen LogP contribution is 2.40. The van der Waals surface area contributed by atoms with Crippen LogP contribution in [0.2, 0.25) is 0 Å². The Hall–Kier alpha value is 0.970. The molecule has 0 aliphatic rings. The fraction of sp³-hybridized carbons (Fsp3) is 1.00. The van der Waals surface area contributed by atoms with Crippen LogP contribution in [-0.4, -0.2) is 15.4 Å². The molecule has 0 rings (SSSR count). The van der Waals surface area contributed by atoms with E-state index in [0.717, 1.165) is 0 Å². The Kier molecular flexibility index (Phi) is 3.61. The van der Waals surface area contributed by atoms with E-state index < -0.39 is 13.4 Å². The van der Waals surface area contributed by atoms with Crippen molar-refractivity contribution in [2.45, 2.75) is 5.59 Å². The summed E-state index contributed by atoms with van der Waals surface area (Å²) in [6.07, 6.45) is 0. The van der Waals surface area contributed by atoms with Crippen LogP contribution < -0.4 is 0 Å². The third kappa shape index (κ3) is 6.97. The largest absolute Gasteiger partial charge is 0.470 e. The molecule has 0 saturated heterocycles. The summed E-state index contributed by atoms with van der Waals surface area (Å²) in [6.45, 7) is 0. The summed E-state index contributed by atoms with van der Waals surface area (Å²) in [5.41, 5.74) is -0.587. The predicted octanol–water partition coefficient (Wildman–Crippen LogP) is 0.129. The van der Waals surface area contributed by atoms with Crippen molar-refractivity contribution in [3.05, 3.63) is 0 Å². The van der Waals surface area contributed by atoms with E-state index in [-0.39, 0.29) is 0 Å². The predicted molar refractivity (Wildman–Crippen MR) is 36.3 cm³/mol. The van der Waals surface area contributed by atoms with Gasteiger partial charge in [0.05, 0.1) is 5.59 Å². The van der Waals surface area contributed by atoms with Crippen LogP contribution in [0.4, 0.5) is 0 Å². The molecule has 0 fully saturated rings. The minimum absolute atomic E-state index is 0.587. The summed E-state index contributed by atoms with van der Waals surface area (Å²) < 4.78 is 13.9. The van der Waals surface area contributed by atoms with Gasteiger partial charge in [-0.1, -0.05) is 0 Å². The lowest BCUT2D eigenvalue weighted by Crippen LogP contribution is -1.90. The zero-order chi connectivity index (χ0) is 6.78. The molecule has 4 nitrogen and oxygen atoms in total. The molecule has 0 spiro atoms. The van der Waals surface area contributed by atoms with E-state index in [9.17, 15) is 4.57 Å². The summed E-state index contributed by atoms with van der Waals surface area (Å²) >= 11 is 0. The van der Waals surface area contributed by atoms with Gasteiger partial charge in [-0.3, -0.25) is 4.52 Å². The Balaban J connectivity index is 3.56. The molecule has 0 aromatic carbocycles. The van der Waals surface area contributed by atoms with Crippen molar-refractivity contribution >= 4 is 26.3 Å². The van der Waals surface area contributed by atoms with Crippen molar-refractivity contribution in [1.29, 1.82) is 0 Å². The summed E-state index contributed by atoms with van der Waals surface area (Å²) in [4.78, 5) is 16.1. The Morgan fingerprint density at radius 2 is 1.88 bits per heavy atom. The van der Waals surface area contributed by atoms with Crippen LogP contribution in [0, 0.1) is 0 Å². The first-order chi connectivity index (χ1) is 3.42. The molecular weight excluding hydrogens is 169 g/mol. The van der Waals surface area contributed by atoms with Gasteiger partial charge in [-0.25, -0.2) is 4.57 Å². The maximum atomic E-state index is 9.89. The highest BCUT2D eigenvalue weighted by molar-refractivity contribution is 7.48. The maximum absolute atomic E-state index is 9.89. The summed E-state index contributed by atoms with van der Waals surface area (Å²) in [7, 11) is -0.125. The van der Waals surface area contributed by atoms with Gasteiger partial charge in [-0.15, -0.1) is 18.5 Å². The van der Waals surface area contributed by atoms with Crippen molar-refractivity contribution in [2.24, 2.45) is 0 Å². The van der Waals surface area contributed by atoms with Crippen molar-refractivity contribution in [3.63, 3.8) is 0 Å². The summed E-state index contributed by atoms with van der Waals surface area (Å²) in [6, 6.07) is 0. The monoisotopic (exact) mass is 176 g/mol. The van der Waals surface area contributed by atoms with Gasteiger partial charge in [-0.2, -0.15) is 0 Å². The number of phosphoric ester groups is 1. The molecule has 2 N–H and O–H groups in total. The molecular formula is CH7O4P3. The van der Waals surface area contributed by atoms with Gasteiger partial charge < -0.3 is 9.79 Å². The van der Waals surface area contributed by atoms with Crippen molar-refractivity contribution in [1.82, 2.24) is 0 Å². The lowest BCUT2D eigenvalue weighted by atomic mass is 11.7. The van der Waals surface area contributed by atoms with Gasteiger partial charge in [0.1, 0.15) is 0 Å². The van der Waals surface area contributed by atoms with E-state index in [0.29, 0.717) is 0 Å². The molecule has 0 aromatic heterocycles. The second-order valence-corrected chi connectivity index (χ2v) is 4.34. The first kappa shape index (κ1) is 8.97. The maximum Gasteiger partial charge on any atom is 0.470 e. The minimum Gasteiger partial charge on any atom is -0.303 e. The third-order valence-electron chi connectivity index (χ3n) is 0.259. The highest BCUT2D eigenvalue weighted by atomic mass is 31.2. The van der Waals surface area contributed by atoms with Gasteiger partial charge in [0.15, 0.2) is 0 Å². The second-order valence-electron chi connectivity index (χ2n) is 1.06. The molecule has 0 radical (unpaired) electrons. The number of rotatable bonds is 2. The smallest absolute Gasteiger partial charge is 0.303 e. The lowest BCUT2D eigenvalue weighted by molar-refractivity contribution is 0.215. The van der Waals surface area contributed by atoms with E-state index in [1.807, 2.05) is 0 Å². The molecule has 0 aliphatic heterocycles. The molecule has 2 unspecified atom stereocenters. The van der Waals surface area contributed by atoms with Crippen LogP contribution in [0.3, 0.4) is 0 Å². The third-order valence-corrected chi connectivity index (χ3v) is 1.51. The number of phosphoric acid groups is 1. The Morgan fingerprint density at radius 1 is 1.50 bits per heavy atom. The first-order valence-electron chi connectivity index (χ1n) is 1.67. The van der Waals surface area contributed by atoms with Crippen LogP contribution >= 0.6 is 26.3 Å². The topological polar surface area (TPSA) is 66.8 Å². The Labute approximate surface area is 51.7 Å². The first-order valence-corrected chi connectivity index (χ1v) is 4.53. The molecule has 8 heavy (non-hydrogen) atoms. The molecule has 0 amide bonds. The van der Waals surface area contributed by atoms with Crippen LogP contribution in [-0.2, 0) is 9.09 Å². The molecule has 0 bridgehead atoms. The van der Waals surface area contributed by atoms with Gasteiger partial charge in [0.2, 0.25) is 0 Å². The molecule has 7 heteroatoms. The zero-order valence-corrected chi connectivity index (χ0v) is 7.09. The van der Waals surface area contributed by atoms with Gasteiger partial charge in [0, 0.05) is 0 Å². The van der Waals surface area contributed by atoms with Crippen LogP contribution in [0.5, 0.6) is 0 Å². The molecule has 0 aromatic rings. The van der Waals surface area contributed by atoms with Gasteiger partial charge in [0.25, 0.3) is 0 Å².